The quantitative estimate of drug-likeness (QED) is 0.490. The van der Waals surface area contributed by atoms with E-state index in [0.717, 1.165) is 11.1 Å². The zero-order chi connectivity index (χ0) is 24.7. The summed E-state index contributed by atoms with van der Waals surface area (Å²) in [6.45, 7) is 7.34. The van der Waals surface area contributed by atoms with Gasteiger partial charge in [-0.1, -0.05) is 29.8 Å². The van der Waals surface area contributed by atoms with Crippen LogP contribution >= 0.6 is 0 Å². The molecule has 0 spiro atoms. The Labute approximate surface area is 199 Å². The number of rotatable bonds is 6. The van der Waals surface area contributed by atoms with Gasteiger partial charge in [0.05, 0.1) is 21.6 Å². The van der Waals surface area contributed by atoms with E-state index in [9.17, 15) is 18.0 Å². The van der Waals surface area contributed by atoms with Crippen molar-refractivity contribution in [3.05, 3.63) is 89.0 Å². The molecule has 4 rings (SSSR count). The van der Waals surface area contributed by atoms with Crippen LogP contribution < -0.4 is 14.9 Å². The van der Waals surface area contributed by atoms with E-state index in [1.165, 1.54) is 4.90 Å². The lowest BCUT2D eigenvalue weighted by molar-refractivity contribution is 0.0926. The van der Waals surface area contributed by atoms with Gasteiger partial charge < -0.3 is 5.32 Å². The number of anilines is 3. The summed E-state index contributed by atoms with van der Waals surface area (Å²) in [5.41, 5.74) is 4.48. The smallest absolute Gasteiger partial charge is 0.266 e. The van der Waals surface area contributed by atoms with Crippen LogP contribution in [0.25, 0.3) is 0 Å². The molecule has 3 aromatic carbocycles. The van der Waals surface area contributed by atoms with E-state index >= 15 is 0 Å². The highest BCUT2D eigenvalue weighted by Crippen LogP contribution is 2.30. The molecule has 1 aliphatic rings. The Bertz CT molecular complexity index is 1360. The summed E-state index contributed by atoms with van der Waals surface area (Å²) in [5.74, 6) is -0.674. The molecule has 0 atom stereocenters. The highest BCUT2D eigenvalue weighted by atomic mass is 32.2. The lowest BCUT2D eigenvalue weighted by Crippen LogP contribution is -2.33. The maximum atomic E-state index is 13.0. The monoisotopic (exact) mass is 477 g/mol. The molecule has 7 nitrogen and oxygen atoms in total. The number of carbonyl (C=O) groups excluding carboxylic acids is 2. The molecule has 8 heteroatoms. The standard InChI is InChI=1S/C26H27N3O4S/c1-17-5-12-21(13-6-17)29-24(30)22-14-11-20(15-23(22)25(29)31)27-16-18-7-9-19(10-8-18)28-34(32,33)26(2,3)4/h5-15,27-28H,16H2,1-4H3. The second-order valence-electron chi connectivity index (χ2n) is 9.31. The summed E-state index contributed by atoms with van der Waals surface area (Å²) in [4.78, 5) is 27.0. The van der Waals surface area contributed by atoms with Crippen molar-refractivity contribution < 1.29 is 18.0 Å². The molecule has 1 heterocycles. The first-order chi connectivity index (χ1) is 16.0. The van der Waals surface area contributed by atoms with Gasteiger partial charge in [-0.05, 0) is 75.7 Å². The number of fused-ring (bicyclic) bond motifs is 1. The summed E-state index contributed by atoms with van der Waals surface area (Å²) in [5, 5.41) is 3.26. The van der Waals surface area contributed by atoms with Gasteiger partial charge in [-0.15, -0.1) is 0 Å². The molecule has 0 bridgehead atoms. The van der Waals surface area contributed by atoms with Gasteiger partial charge in [0.1, 0.15) is 0 Å². The van der Waals surface area contributed by atoms with Crippen molar-refractivity contribution in [3.8, 4) is 0 Å². The summed E-state index contributed by atoms with van der Waals surface area (Å²) >= 11 is 0. The van der Waals surface area contributed by atoms with E-state index in [1.807, 2.05) is 31.2 Å². The second-order valence-corrected chi connectivity index (χ2v) is 11.7. The predicted octanol–water partition coefficient (Wildman–Crippen LogP) is 4.95. The first kappa shape index (κ1) is 23.5. The van der Waals surface area contributed by atoms with E-state index in [1.54, 1.807) is 63.2 Å². The number of amides is 2. The minimum atomic E-state index is -3.49. The highest BCUT2D eigenvalue weighted by Gasteiger charge is 2.36. The Kier molecular flexibility index (Phi) is 5.95. The number of nitrogens with zero attached hydrogens (tertiary/aromatic N) is 1. The first-order valence-electron chi connectivity index (χ1n) is 10.9. The van der Waals surface area contributed by atoms with Crippen LogP contribution in [-0.4, -0.2) is 25.0 Å². The van der Waals surface area contributed by atoms with Crippen molar-refractivity contribution in [2.24, 2.45) is 0 Å². The van der Waals surface area contributed by atoms with Gasteiger partial charge in [0, 0.05) is 17.9 Å². The average Bonchev–Trinajstić information content (AvgIpc) is 3.02. The van der Waals surface area contributed by atoms with Crippen LogP contribution in [0.4, 0.5) is 17.1 Å². The highest BCUT2D eigenvalue weighted by molar-refractivity contribution is 7.94. The van der Waals surface area contributed by atoms with E-state index in [0.29, 0.717) is 34.7 Å². The van der Waals surface area contributed by atoms with Gasteiger partial charge in [-0.2, -0.15) is 0 Å². The van der Waals surface area contributed by atoms with Crippen LogP contribution in [-0.2, 0) is 16.6 Å². The van der Waals surface area contributed by atoms with Crippen LogP contribution in [0.1, 0.15) is 52.6 Å². The molecular weight excluding hydrogens is 450 g/mol. The fourth-order valence-corrected chi connectivity index (χ4v) is 4.23. The van der Waals surface area contributed by atoms with Crippen molar-refractivity contribution in [1.29, 1.82) is 0 Å². The van der Waals surface area contributed by atoms with Crippen LogP contribution in [0.2, 0.25) is 0 Å². The van der Waals surface area contributed by atoms with Crippen molar-refractivity contribution in [2.45, 2.75) is 39.0 Å². The molecule has 0 aromatic heterocycles. The summed E-state index contributed by atoms with van der Waals surface area (Å²) < 4.78 is 26.3. The molecule has 0 aliphatic carbocycles. The number of sulfonamides is 1. The number of hydrogen-bond donors (Lipinski definition) is 2. The van der Waals surface area contributed by atoms with Crippen molar-refractivity contribution in [1.82, 2.24) is 0 Å². The third kappa shape index (κ3) is 4.54. The molecular formula is C26H27N3O4S. The molecule has 2 amide bonds. The molecule has 2 N–H and O–H groups in total. The maximum Gasteiger partial charge on any atom is 0.266 e. The van der Waals surface area contributed by atoms with Crippen molar-refractivity contribution >= 4 is 38.9 Å². The topological polar surface area (TPSA) is 95.6 Å². The predicted molar refractivity (Wildman–Crippen MR) is 135 cm³/mol. The Balaban J connectivity index is 1.45. The Hall–Kier alpha value is -3.65. The lowest BCUT2D eigenvalue weighted by Gasteiger charge is -2.20. The summed E-state index contributed by atoms with van der Waals surface area (Å²) in [6.07, 6.45) is 0. The molecule has 34 heavy (non-hydrogen) atoms. The third-order valence-corrected chi connectivity index (χ3v) is 7.80. The summed E-state index contributed by atoms with van der Waals surface area (Å²) in [7, 11) is -3.49. The molecule has 3 aromatic rings. The molecule has 0 saturated heterocycles. The molecule has 176 valence electrons. The molecule has 1 aliphatic heterocycles. The zero-order valence-corrected chi connectivity index (χ0v) is 20.4. The normalized spacial score (nSPS) is 13.7. The number of imide groups is 1. The van der Waals surface area contributed by atoms with Gasteiger partial charge >= 0.3 is 0 Å². The fourth-order valence-electron chi connectivity index (χ4n) is 3.48. The van der Waals surface area contributed by atoms with Crippen LogP contribution in [0.3, 0.4) is 0 Å². The van der Waals surface area contributed by atoms with Crippen LogP contribution in [0.15, 0.2) is 66.7 Å². The largest absolute Gasteiger partial charge is 0.381 e. The SMILES string of the molecule is Cc1ccc(N2C(=O)c3ccc(NCc4ccc(NS(=O)(=O)C(C)(C)C)cc4)cc3C2=O)cc1. The number of nitrogens with one attached hydrogen (secondary N) is 2. The number of benzene rings is 3. The zero-order valence-electron chi connectivity index (χ0n) is 19.5. The van der Waals surface area contributed by atoms with Crippen molar-refractivity contribution in [3.63, 3.8) is 0 Å². The Morgan fingerprint density at radius 3 is 2.00 bits per heavy atom. The number of aryl methyl sites for hydroxylation is 1. The molecule has 0 fully saturated rings. The average molecular weight is 478 g/mol. The Morgan fingerprint density at radius 2 is 1.38 bits per heavy atom. The maximum absolute atomic E-state index is 13.0. The lowest BCUT2D eigenvalue weighted by atomic mass is 10.1. The molecule has 0 unspecified atom stereocenters. The van der Waals surface area contributed by atoms with Crippen LogP contribution in [0.5, 0.6) is 0 Å². The number of carbonyl (C=O) groups is 2. The molecule has 0 saturated carbocycles. The van der Waals surface area contributed by atoms with E-state index < -0.39 is 14.8 Å². The van der Waals surface area contributed by atoms with Gasteiger partial charge in [0.15, 0.2) is 0 Å². The third-order valence-electron chi connectivity index (χ3n) is 5.69. The van der Waals surface area contributed by atoms with E-state index in [2.05, 4.69) is 10.0 Å². The minimum Gasteiger partial charge on any atom is -0.381 e. The molecule has 0 radical (unpaired) electrons. The first-order valence-corrected chi connectivity index (χ1v) is 12.4. The Morgan fingerprint density at radius 1 is 0.794 bits per heavy atom. The fraction of sp³-hybridized carbons (Fsp3) is 0.231. The minimum absolute atomic E-state index is 0.330. The summed E-state index contributed by atoms with van der Waals surface area (Å²) in [6, 6.07) is 19.5. The van der Waals surface area contributed by atoms with Gasteiger partial charge in [-0.3, -0.25) is 14.3 Å². The van der Waals surface area contributed by atoms with Crippen molar-refractivity contribution in [2.75, 3.05) is 14.9 Å². The van der Waals surface area contributed by atoms with E-state index in [-0.39, 0.29) is 11.8 Å². The number of hydrogen-bond acceptors (Lipinski definition) is 5. The van der Waals surface area contributed by atoms with Gasteiger partial charge in [0.25, 0.3) is 11.8 Å². The second kappa shape index (κ2) is 8.61. The van der Waals surface area contributed by atoms with Gasteiger partial charge in [-0.25, -0.2) is 13.3 Å². The van der Waals surface area contributed by atoms with Crippen LogP contribution in [0, 0.1) is 6.92 Å². The van der Waals surface area contributed by atoms with E-state index in [4.69, 9.17) is 0 Å². The van der Waals surface area contributed by atoms with Gasteiger partial charge in [0.2, 0.25) is 10.0 Å².